The monoisotopic (exact) mass is 893 g/mol. The summed E-state index contributed by atoms with van der Waals surface area (Å²) in [7, 11) is 0. The topological polar surface area (TPSA) is 78.9 Å². The second-order valence-electron chi connectivity index (χ2n) is 17.9. The van der Waals surface area contributed by atoms with E-state index in [0.717, 1.165) is 96.3 Å². The summed E-state index contributed by atoms with van der Waals surface area (Å²) in [4.78, 5) is 38.0. The summed E-state index contributed by atoms with van der Waals surface area (Å²) in [6, 6.07) is 0. The Hall–Kier alpha value is -3.15. The molecule has 0 N–H and O–H groups in total. The lowest BCUT2D eigenvalue weighted by atomic mass is 10.1. The molecule has 0 aromatic carbocycles. The molecule has 0 heterocycles. The normalized spacial score (nSPS) is 12.6. The van der Waals surface area contributed by atoms with E-state index in [-0.39, 0.29) is 31.1 Å². The third-order valence-corrected chi connectivity index (χ3v) is 11.5. The molecule has 0 amide bonds. The lowest BCUT2D eigenvalue weighted by Gasteiger charge is -2.18. The first-order valence-corrected chi connectivity index (χ1v) is 27.0. The first-order chi connectivity index (χ1) is 31.5. The minimum Gasteiger partial charge on any atom is -0.462 e. The van der Waals surface area contributed by atoms with Crippen LogP contribution in [0.25, 0.3) is 0 Å². The number of ether oxygens (including phenoxy) is 3. The maximum absolute atomic E-state index is 12.8. The molecule has 0 radical (unpaired) electrons. The van der Waals surface area contributed by atoms with Crippen LogP contribution < -0.4 is 0 Å². The largest absolute Gasteiger partial charge is 0.462 e. The maximum atomic E-state index is 12.8. The van der Waals surface area contributed by atoms with Gasteiger partial charge in [-0.3, -0.25) is 14.4 Å². The molecule has 0 aliphatic carbocycles. The van der Waals surface area contributed by atoms with Gasteiger partial charge in [-0.15, -0.1) is 0 Å². The van der Waals surface area contributed by atoms with Gasteiger partial charge in [-0.2, -0.15) is 0 Å². The van der Waals surface area contributed by atoms with E-state index < -0.39 is 6.10 Å². The van der Waals surface area contributed by atoms with Gasteiger partial charge in [0.05, 0.1) is 0 Å². The summed E-state index contributed by atoms with van der Waals surface area (Å²) in [6.07, 6.45) is 66.0. The second kappa shape index (κ2) is 52.5. The highest BCUT2D eigenvalue weighted by atomic mass is 16.6. The molecule has 0 spiro atoms. The smallest absolute Gasteiger partial charge is 0.306 e. The molecule has 0 fully saturated rings. The zero-order valence-electron chi connectivity index (χ0n) is 42.0. The molecule has 0 bridgehead atoms. The fourth-order valence-corrected chi connectivity index (χ4v) is 7.47. The van der Waals surface area contributed by atoms with Gasteiger partial charge in [0.15, 0.2) is 6.10 Å². The molecule has 0 aliphatic heterocycles. The van der Waals surface area contributed by atoms with Gasteiger partial charge < -0.3 is 14.2 Å². The Bertz CT molecular complexity index is 1210. The summed E-state index contributed by atoms with van der Waals surface area (Å²) >= 11 is 0. The van der Waals surface area contributed by atoms with Gasteiger partial charge >= 0.3 is 17.9 Å². The van der Waals surface area contributed by atoms with Crippen molar-refractivity contribution in [2.75, 3.05) is 13.2 Å². The Morgan fingerprint density at radius 3 is 0.984 bits per heavy atom. The first-order valence-electron chi connectivity index (χ1n) is 27.0. The van der Waals surface area contributed by atoms with Crippen molar-refractivity contribution in [1.29, 1.82) is 0 Å². The van der Waals surface area contributed by atoms with E-state index >= 15 is 0 Å². The lowest BCUT2D eigenvalue weighted by Crippen LogP contribution is -2.30. The van der Waals surface area contributed by atoms with Crippen molar-refractivity contribution in [2.24, 2.45) is 0 Å². The Balaban J connectivity index is 4.40. The molecule has 6 nitrogen and oxygen atoms in total. The zero-order valence-corrected chi connectivity index (χ0v) is 42.0. The van der Waals surface area contributed by atoms with Crippen molar-refractivity contribution in [3.05, 3.63) is 72.9 Å². The third-order valence-electron chi connectivity index (χ3n) is 11.5. The molecular formula is C58H100O6. The van der Waals surface area contributed by atoms with Crippen LogP contribution in [0.3, 0.4) is 0 Å². The van der Waals surface area contributed by atoms with Gasteiger partial charge in [-0.1, -0.05) is 248 Å². The summed E-state index contributed by atoms with van der Waals surface area (Å²) in [5.41, 5.74) is 0. The standard InChI is InChI=1S/C58H100O6/c1-4-7-10-13-16-19-22-24-26-28-30-32-34-36-39-42-45-48-51-57(60)63-54-55(53-62-56(59)50-47-44-41-38-21-18-15-12-9-6-3)64-58(61)52-49-46-43-40-37-35-33-31-29-27-25-23-20-17-14-11-8-5-2/h10,13,16,19,22,24,26,28,30-33,55H,4-9,11-12,14-15,17-18,20-21,23,25,27,29,34-54H2,1-3H3/b13-10-,19-16-,24-22-,28-26-,32-30-,33-31-. The van der Waals surface area contributed by atoms with Crippen LogP contribution in [0.2, 0.25) is 0 Å². The van der Waals surface area contributed by atoms with E-state index in [9.17, 15) is 14.4 Å². The van der Waals surface area contributed by atoms with E-state index in [2.05, 4.69) is 69.4 Å². The molecule has 6 heteroatoms. The highest BCUT2D eigenvalue weighted by molar-refractivity contribution is 5.71. The van der Waals surface area contributed by atoms with E-state index in [1.807, 2.05) is 24.3 Å². The second-order valence-corrected chi connectivity index (χ2v) is 17.9. The molecule has 1 atom stereocenters. The molecule has 0 saturated carbocycles. The average Bonchev–Trinajstić information content (AvgIpc) is 3.29. The quantitative estimate of drug-likeness (QED) is 0.0199. The first kappa shape index (κ1) is 60.9. The number of allylic oxidation sites excluding steroid dienone is 12. The van der Waals surface area contributed by atoms with E-state index in [1.165, 1.54) is 122 Å². The van der Waals surface area contributed by atoms with Crippen LogP contribution in [0.5, 0.6) is 0 Å². The number of carbonyl (C=O) groups excluding carboxylic acids is 3. The predicted molar refractivity (Wildman–Crippen MR) is 274 cm³/mol. The number of esters is 3. The number of hydrogen-bond donors (Lipinski definition) is 0. The SMILES string of the molecule is CCC\C=C/C=C\C=C/C=C\C=C/CCCCCCCC(=O)OCC(COC(=O)CCCCCCCCCCCC)OC(=O)CCCCCCC/C=C\CCCCCCCCCCC. The molecule has 64 heavy (non-hydrogen) atoms. The van der Waals surface area contributed by atoms with E-state index in [4.69, 9.17) is 14.2 Å². The van der Waals surface area contributed by atoms with Crippen molar-refractivity contribution in [3.8, 4) is 0 Å². The van der Waals surface area contributed by atoms with Gasteiger partial charge in [-0.05, 0) is 64.2 Å². The predicted octanol–water partition coefficient (Wildman–Crippen LogP) is 17.8. The lowest BCUT2D eigenvalue weighted by molar-refractivity contribution is -0.167. The highest BCUT2D eigenvalue weighted by Crippen LogP contribution is 2.15. The number of unbranched alkanes of at least 4 members (excludes halogenated alkanes) is 29. The number of rotatable bonds is 48. The molecule has 0 aliphatic rings. The maximum Gasteiger partial charge on any atom is 0.306 e. The Morgan fingerprint density at radius 2 is 0.609 bits per heavy atom. The summed E-state index contributed by atoms with van der Waals surface area (Å²) in [5.74, 6) is -0.917. The third kappa shape index (κ3) is 49.9. The van der Waals surface area contributed by atoms with Crippen LogP contribution in [-0.2, 0) is 28.6 Å². The van der Waals surface area contributed by atoms with Gasteiger partial charge in [0.1, 0.15) is 13.2 Å². The molecule has 0 saturated heterocycles. The van der Waals surface area contributed by atoms with Crippen LogP contribution in [-0.4, -0.2) is 37.2 Å². The van der Waals surface area contributed by atoms with Gasteiger partial charge in [0.25, 0.3) is 0 Å². The minimum absolute atomic E-state index is 0.0858. The highest BCUT2D eigenvalue weighted by Gasteiger charge is 2.19. The van der Waals surface area contributed by atoms with Gasteiger partial charge in [0, 0.05) is 19.3 Å². The van der Waals surface area contributed by atoms with Crippen molar-refractivity contribution in [1.82, 2.24) is 0 Å². The van der Waals surface area contributed by atoms with E-state index in [0.29, 0.717) is 19.3 Å². The van der Waals surface area contributed by atoms with Crippen LogP contribution in [0.15, 0.2) is 72.9 Å². The average molecular weight is 893 g/mol. The van der Waals surface area contributed by atoms with Crippen molar-refractivity contribution in [2.45, 2.75) is 264 Å². The molecular weight excluding hydrogens is 793 g/mol. The zero-order chi connectivity index (χ0) is 46.5. The van der Waals surface area contributed by atoms with Crippen molar-refractivity contribution in [3.63, 3.8) is 0 Å². The fraction of sp³-hybridized carbons (Fsp3) is 0.741. The molecule has 0 rings (SSSR count). The van der Waals surface area contributed by atoms with Crippen LogP contribution in [0, 0.1) is 0 Å². The summed E-state index contributed by atoms with van der Waals surface area (Å²) < 4.78 is 16.8. The van der Waals surface area contributed by atoms with Gasteiger partial charge in [-0.25, -0.2) is 0 Å². The fourth-order valence-electron chi connectivity index (χ4n) is 7.47. The molecule has 1 unspecified atom stereocenters. The number of hydrogen-bond acceptors (Lipinski definition) is 6. The Labute approximate surface area is 395 Å². The van der Waals surface area contributed by atoms with Crippen molar-refractivity contribution < 1.29 is 28.6 Å². The Kier molecular flexibility index (Phi) is 49.9. The van der Waals surface area contributed by atoms with Crippen molar-refractivity contribution >= 4 is 17.9 Å². The minimum atomic E-state index is -0.788. The number of carbonyl (C=O) groups is 3. The summed E-state index contributed by atoms with van der Waals surface area (Å²) in [6.45, 7) is 6.52. The van der Waals surface area contributed by atoms with E-state index in [1.54, 1.807) is 0 Å². The molecule has 0 aromatic heterocycles. The van der Waals surface area contributed by atoms with Crippen LogP contribution in [0.4, 0.5) is 0 Å². The molecule has 368 valence electrons. The van der Waals surface area contributed by atoms with Gasteiger partial charge in [0.2, 0.25) is 0 Å². The Morgan fingerprint density at radius 1 is 0.312 bits per heavy atom. The van der Waals surface area contributed by atoms with Crippen LogP contribution >= 0.6 is 0 Å². The van der Waals surface area contributed by atoms with Crippen LogP contribution in [0.1, 0.15) is 258 Å². The molecule has 0 aromatic rings. The summed E-state index contributed by atoms with van der Waals surface area (Å²) in [5, 5.41) is 0.